The molecule has 1 aliphatic carbocycles. The molecule has 0 atom stereocenters. The Bertz CT molecular complexity index is 666. The van der Waals surface area contributed by atoms with Gasteiger partial charge in [-0.25, -0.2) is 0 Å². The Morgan fingerprint density at radius 3 is 2.95 bits per heavy atom. The van der Waals surface area contributed by atoms with Crippen molar-refractivity contribution in [3.63, 3.8) is 0 Å². The van der Waals surface area contributed by atoms with E-state index in [0.29, 0.717) is 24.0 Å². The molecular formula is C13H14N4O4. The summed E-state index contributed by atoms with van der Waals surface area (Å²) < 4.78 is 10.5. The van der Waals surface area contributed by atoms with Crippen molar-refractivity contribution in [2.45, 2.75) is 25.4 Å². The SMILES string of the molecule is COc1ccc(-c2nnc(CNC3CC3)o2)cc1[N+](=O)[O-]. The van der Waals surface area contributed by atoms with Gasteiger partial charge in [0.1, 0.15) is 0 Å². The zero-order chi connectivity index (χ0) is 14.8. The number of benzene rings is 1. The summed E-state index contributed by atoms with van der Waals surface area (Å²) in [4.78, 5) is 10.5. The molecular weight excluding hydrogens is 276 g/mol. The number of ether oxygens (including phenoxy) is 1. The highest BCUT2D eigenvalue weighted by atomic mass is 16.6. The Morgan fingerprint density at radius 2 is 2.29 bits per heavy atom. The second-order valence-corrected chi connectivity index (χ2v) is 4.80. The third-order valence-electron chi connectivity index (χ3n) is 3.21. The van der Waals surface area contributed by atoms with Gasteiger partial charge in [-0.05, 0) is 25.0 Å². The van der Waals surface area contributed by atoms with E-state index >= 15 is 0 Å². The summed E-state index contributed by atoms with van der Waals surface area (Å²) in [6, 6.07) is 5.07. The molecule has 0 bridgehead atoms. The molecule has 1 N–H and O–H groups in total. The first-order valence-corrected chi connectivity index (χ1v) is 6.56. The van der Waals surface area contributed by atoms with E-state index in [0.717, 1.165) is 0 Å². The van der Waals surface area contributed by atoms with Gasteiger partial charge < -0.3 is 14.5 Å². The summed E-state index contributed by atoms with van der Waals surface area (Å²) in [6.45, 7) is 0.510. The normalized spacial score (nSPS) is 14.1. The van der Waals surface area contributed by atoms with Gasteiger partial charge in [-0.2, -0.15) is 0 Å². The summed E-state index contributed by atoms with van der Waals surface area (Å²) in [7, 11) is 1.39. The highest BCUT2D eigenvalue weighted by molar-refractivity contribution is 5.62. The number of methoxy groups -OCH3 is 1. The number of nitrogens with zero attached hydrogens (tertiary/aromatic N) is 3. The van der Waals surface area contributed by atoms with Crippen LogP contribution in [0.4, 0.5) is 5.69 Å². The van der Waals surface area contributed by atoms with E-state index in [4.69, 9.17) is 9.15 Å². The number of nitro benzene ring substituents is 1. The molecule has 1 fully saturated rings. The quantitative estimate of drug-likeness (QED) is 0.640. The molecule has 110 valence electrons. The third kappa shape index (κ3) is 3.00. The van der Waals surface area contributed by atoms with Crippen LogP contribution in [0.2, 0.25) is 0 Å². The van der Waals surface area contributed by atoms with Crippen molar-refractivity contribution in [1.29, 1.82) is 0 Å². The number of nitrogens with one attached hydrogen (secondary N) is 1. The number of aromatic nitrogens is 2. The first-order chi connectivity index (χ1) is 10.2. The summed E-state index contributed by atoms with van der Waals surface area (Å²) in [5.74, 6) is 0.919. The molecule has 1 aliphatic rings. The van der Waals surface area contributed by atoms with Crippen molar-refractivity contribution in [2.24, 2.45) is 0 Å². The van der Waals surface area contributed by atoms with Crippen LogP contribution in [0.3, 0.4) is 0 Å². The molecule has 1 heterocycles. The summed E-state index contributed by atoms with van der Waals surface area (Å²) in [6.07, 6.45) is 2.34. The lowest BCUT2D eigenvalue weighted by atomic mass is 10.2. The maximum Gasteiger partial charge on any atom is 0.311 e. The molecule has 1 aromatic heterocycles. The first-order valence-electron chi connectivity index (χ1n) is 6.56. The molecule has 21 heavy (non-hydrogen) atoms. The van der Waals surface area contributed by atoms with Crippen molar-refractivity contribution < 1.29 is 14.1 Å². The molecule has 0 aliphatic heterocycles. The Kier molecular flexibility index (Phi) is 3.53. The summed E-state index contributed by atoms with van der Waals surface area (Å²) in [5, 5.41) is 22.1. The van der Waals surface area contributed by atoms with Gasteiger partial charge in [-0.3, -0.25) is 10.1 Å². The summed E-state index contributed by atoms with van der Waals surface area (Å²) >= 11 is 0. The Hall–Kier alpha value is -2.48. The molecule has 1 saturated carbocycles. The van der Waals surface area contributed by atoms with E-state index in [-0.39, 0.29) is 17.3 Å². The second kappa shape index (κ2) is 5.49. The van der Waals surface area contributed by atoms with Crippen LogP contribution in [0.5, 0.6) is 5.75 Å². The van der Waals surface area contributed by atoms with Crippen LogP contribution < -0.4 is 10.1 Å². The van der Waals surface area contributed by atoms with Crippen LogP contribution in [-0.4, -0.2) is 28.3 Å². The molecule has 8 nitrogen and oxygen atoms in total. The van der Waals surface area contributed by atoms with Crippen LogP contribution in [0, 0.1) is 10.1 Å². The molecule has 0 unspecified atom stereocenters. The fourth-order valence-electron chi connectivity index (χ4n) is 1.93. The van der Waals surface area contributed by atoms with Gasteiger partial charge in [0.05, 0.1) is 18.6 Å². The highest BCUT2D eigenvalue weighted by Gasteiger charge is 2.22. The molecule has 0 amide bonds. The van der Waals surface area contributed by atoms with Crippen LogP contribution in [0.15, 0.2) is 22.6 Å². The smallest absolute Gasteiger partial charge is 0.311 e. The van der Waals surface area contributed by atoms with Gasteiger partial charge in [-0.15, -0.1) is 10.2 Å². The number of nitro groups is 1. The van der Waals surface area contributed by atoms with Crippen molar-refractivity contribution >= 4 is 5.69 Å². The average Bonchev–Trinajstić information content (AvgIpc) is 3.21. The zero-order valence-electron chi connectivity index (χ0n) is 11.4. The van der Waals surface area contributed by atoms with E-state index in [2.05, 4.69) is 15.5 Å². The lowest BCUT2D eigenvalue weighted by Gasteiger charge is -2.02. The lowest BCUT2D eigenvalue weighted by molar-refractivity contribution is -0.385. The molecule has 1 aromatic carbocycles. The minimum absolute atomic E-state index is 0.133. The van der Waals surface area contributed by atoms with Crippen molar-refractivity contribution in [3.8, 4) is 17.2 Å². The van der Waals surface area contributed by atoms with Crippen LogP contribution in [-0.2, 0) is 6.54 Å². The average molecular weight is 290 g/mol. The first kappa shape index (κ1) is 13.5. The fraction of sp³-hybridized carbons (Fsp3) is 0.385. The van der Waals surface area contributed by atoms with Crippen molar-refractivity contribution in [1.82, 2.24) is 15.5 Å². The standard InChI is InChI=1S/C13H14N4O4/c1-20-11-5-2-8(6-10(11)17(18)19)13-16-15-12(21-13)7-14-9-3-4-9/h2,5-6,9,14H,3-4,7H2,1H3. The molecule has 0 spiro atoms. The van der Waals surface area contributed by atoms with E-state index in [9.17, 15) is 10.1 Å². The zero-order valence-corrected chi connectivity index (χ0v) is 11.4. The van der Waals surface area contributed by atoms with Gasteiger partial charge in [0.2, 0.25) is 11.8 Å². The number of rotatable bonds is 6. The maximum atomic E-state index is 11.0. The van der Waals surface area contributed by atoms with Gasteiger partial charge >= 0.3 is 5.69 Å². The molecule has 2 aromatic rings. The summed E-state index contributed by atoms with van der Waals surface area (Å²) in [5.41, 5.74) is 0.360. The minimum Gasteiger partial charge on any atom is -0.490 e. The van der Waals surface area contributed by atoms with Crippen LogP contribution >= 0.6 is 0 Å². The van der Waals surface area contributed by atoms with E-state index in [1.165, 1.54) is 32.1 Å². The van der Waals surface area contributed by atoms with Crippen LogP contribution in [0.1, 0.15) is 18.7 Å². The number of hydrogen-bond acceptors (Lipinski definition) is 7. The molecule has 8 heteroatoms. The van der Waals surface area contributed by atoms with Crippen molar-refractivity contribution in [2.75, 3.05) is 7.11 Å². The predicted molar refractivity (Wildman–Crippen MR) is 72.8 cm³/mol. The Balaban J connectivity index is 1.82. The van der Waals surface area contributed by atoms with E-state index in [1.807, 2.05) is 0 Å². The second-order valence-electron chi connectivity index (χ2n) is 4.80. The topological polar surface area (TPSA) is 103 Å². The monoisotopic (exact) mass is 290 g/mol. The molecule has 3 rings (SSSR count). The van der Waals surface area contributed by atoms with Gasteiger partial charge in [0.15, 0.2) is 5.75 Å². The lowest BCUT2D eigenvalue weighted by Crippen LogP contribution is -2.15. The maximum absolute atomic E-state index is 11.0. The van der Waals surface area contributed by atoms with E-state index < -0.39 is 4.92 Å². The Labute approximate surface area is 120 Å². The van der Waals surface area contributed by atoms with Gasteiger partial charge in [0.25, 0.3) is 0 Å². The van der Waals surface area contributed by atoms with Crippen molar-refractivity contribution in [3.05, 3.63) is 34.2 Å². The third-order valence-corrected chi connectivity index (χ3v) is 3.21. The largest absolute Gasteiger partial charge is 0.490 e. The predicted octanol–water partition coefficient (Wildman–Crippen LogP) is 1.91. The number of hydrogen-bond donors (Lipinski definition) is 1. The van der Waals surface area contributed by atoms with E-state index in [1.54, 1.807) is 6.07 Å². The molecule has 0 radical (unpaired) electrons. The highest BCUT2D eigenvalue weighted by Crippen LogP contribution is 2.31. The minimum atomic E-state index is -0.506. The van der Waals surface area contributed by atoms with Gasteiger partial charge in [0, 0.05) is 17.7 Å². The fourth-order valence-corrected chi connectivity index (χ4v) is 1.93. The molecule has 0 saturated heterocycles. The Morgan fingerprint density at radius 1 is 1.48 bits per heavy atom. The van der Waals surface area contributed by atoms with Gasteiger partial charge in [-0.1, -0.05) is 0 Å². The van der Waals surface area contributed by atoms with Crippen LogP contribution in [0.25, 0.3) is 11.5 Å².